The number of hydrogen-bond donors (Lipinski definition) is 2. The number of aromatic nitrogens is 2. The Morgan fingerprint density at radius 1 is 1.12 bits per heavy atom. The lowest BCUT2D eigenvalue weighted by Gasteiger charge is -2.28. The summed E-state index contributed by atoms with van der Waals surface area (Å²) in [7, 11) is 1.30. The predicted molar refractivity (Wildman–Crippen MR) is 185 cm³/mol. The monoisotopic (exact) mass is 696 g/mol. The van der Waals surface area contributed by atoms with Gasteiger partial charge in [-0.05, 0) is 69.4 Å². The SMILES string of the molecule is COc1ccc2c(OC3CC4C(=O)NC5(C(=O)NS(=O)(=O)C6(C)CC6)CC5C=CCCC(C)CC(C)CC(=O)N4C3)nc(N(C)C)nc2c1. The van der Waals surface area contributed by atoms with Gasteiger partial charge in [-0.15, -0.1) is 0 Å². The molecule has 2 saturated carbocycles. The van der Waals surface area contributed by atoms with Crippen LogP contribution in [0.1, 0.15) is 72.1 Å². The van der Waals surface area contributed by atoms with Crippen LogP contribution in [0, 0.1) is 17.8 Å². The number of carbonyl (C=O) groups excluding carboxylic acids is 3. The Balaban J connectivity index is 1.30. The summed E-state index contributed by atoms with van der Waals surface area (Å²) >= 11 is 0. The van der Waals surface area contributed by atoms with Crippen molar-refractivity contribution >= 4 is 44.6 Å². The first-order valence-corrected chi connectivity index (χ1v) is 18.7. The van der Waals surface area contributed by atoms with Crippen LogP contribution >= 0.6 is 0 Å². The highest BCUT2D eigenvalue weighted by Gasteiger charge is 2.63. The third-order valence-electron chi connectivity index (χ3n) is 10.5. The van der Waals surface area contributed by atoms with Crippen molar-refractivity contribution in [3.8, 4) is 11.6 Å². The zero-order chi connectivity index (χ0) is 35.3. The Kier molecular flexibility index (Phi) is 9.31. The maximum absolute atomic E-state index is 14.2. The van der Waals surface area contributed by atoms with Crippen LogP contribution in [-0.4, -0.2) is 91.2 Å². The molecule has 1 aromatic carbocycles. The largest absolute Gasteiger partial charge is 0.497 e. The topological polar surface area (TPSA) is 160 Å². The number of anilines is 1. The summed E-state index contributed by atoms with van der Waals surface area (Å²) in [6.45, 7) is 5.99. The molecule has 3 heterocycles. The van der Waals surface area contributed by atoms with Gasteiger partial charge in [0.05, 0.1) is 29.3 Å². The average molecular weight is 697 g/mol. The van der Waals surface area contributed by atoms with Crippen molar-refractivity contribution < 1.29 is 32.3 Å². The van der Waals surface area contributed by atoms with Crippen LogP contribution in [0.3, 0.4) is 0 Å². The fourth-order valence-electron chi connectivity index (χ4n) is 7.06. The van der Waals surface area contributed by atoms with Crippen LogP contribution in [0.25, 0.3) is 10.9 Å². The van der Waals surface area contributed by atoms with Crippen molar-refractivity contribution in [3.05, 3.63) is 30.4 Å². The van der Waals surface area contributed by atoms with Gasteiger partial charge in [0.15, 0.2) is 0 Å². The number of allylic oxidation sites excluding steroid dienone is 1. The molecule has 0 radical (unpaired) electrons. The molecule has 266 valence electrons. The number of ether oxygens (including phenoxy) is 2. The molecule has 0 bridgehead atoms. The van der Waals surface area contributed by atoms with E-state index in [0.29, 0.717) is 47.2 Å². The second-order valence-electron chi connectivity index (χ2n) is 15.0. The van der Waals surface area contributed by atoms with E-state index in [1.54, 1.807) is 36.0 Å². The summed E-state index contributed by atoms with van der Waals surface area (Å²) < 4.78 is 39.3. The minimum atomic E-state index is -3.93. The number of carbonyl (C=O) groups is 3. The van der Waals surface area contributed by atoms with Gasteiger partial charge in [0.1, 0.15) is 23.4 Å². The zero-order valence-corrected chi connectivity index (χ0v) is 30.0. The molecule has 49 heavy (non-hydrogen) atoms. The number of benzene rings is 1. The molecule has 4 aliphatic rings. The van der Waals surface area contributed by atoms with Crippen LogP contribution in [0.2, 0.25) is 0 Å². The molecular weight excluding hydrogens is 648 g/mol. The summed E-state index contributed by atoms with van der Waals surface area (Å²) in [6.07, 6.45) is 7.55. The molecule has 6 unspecified atom stereocenters. The molecule has 1 saturated heterocycles. The molecule has 6 atom stereocenters. The molecule has 2 aromatic rings. The number of nitrogens with zero attached hydrogens (tertiary/aromatic N) is 4. The first kappa shape index (κ1) is 34.9. The maximum Gasteiger partial charge on any atom is 0.259 e. The molecule has 1 aromatic heterocycles. The molecule has 0 spiro atoms. The Morgan fingerprint density at radius 2 is 1.88 bits per heavy atom. The van der Waals surface area contributed by atoms with Crippen LogP contribution in [0.4, 0.5) is 5.95 Å². The van der Waals surface area contributed by atoms with E-state index in [1.165, 1.54) is 0 Å². The van der Waals surface area contributed by atoms with E-state index in [1.807, 2.05) is 32.3 Å². The van der Waals surface area contributed by atoms with Crippen molar-refractivity contribution in [1.82, 2.24) is 24.9 Å². The summed E-state index contributed by atoms with van der Waals surface area (Å²) in [4.78, 5) is 54.5. The van der Waals surface area contributed by atoms with E-state index < -0.39 is 44.3 Å². The molecule has 2 aliphatic carbocycles. The lowest BCUT2D eigenvalue weighted by Crippen LogP contribution is -2.57. The molecule has 3 fully saturated rings. The van der Waals surface area contributed by atoms with Gasteiger partial charge in [0.25, 0.3) is 5.91 Å². The summed E-state index contributed by atoms with van der Waals surface area (Å²) in [6, 6.07) is 4.47. The molecule has 3 amide bonds. The van der Waals surface area contributed by atoms with Crippen LogP contribution in [0.5, 0.6) is 11.6 Å². The van der Waals surface area contributed by atoms with Crippen molar-refractivity contribution in [2.75, 3.05) is 32.6 Å². The van der Waals surface area contributed by atoms with Gasteiger partial charge >= 0.3 is 0 Å². The van der Waals surface area contributed by atoms with Gasteiger partial charge < -0.3 is 24.6 Å². The number of nitrogens with one attached hydrogen (secondary N) is 2. The van der Waals surface area contributed by atoms with E-state index in [0.717, 1.165) is 19.3 Å². The minimum absolute atomic E-state index is 0.100. The minimum Gasteiger partial charge on any atom is -0.497 e. The molecule has 2 N–H and O–H groups in total. The highest BCUT2D eigenvalue weighted by molar-refractivity contribution is 7.91. The van der Waals surface area contributed by atoms with Crippen molar-refractivity contribution in [2.45, 2.75) is 94.6 Å². The van der Waals surface area contributed by atoms with Gasteiger partial charge in [0, 0.05) is 38.9 Å². The lowest BCUT2D eigenvalue weighted by molar-refractivity contribution is -0.140. The third kappa shape index (κ3) is 7.06. The number of methoxy groups -OCH3 is 1. The first-order chi connectivity index (χ1) is 23.1. The summed E-state index contributed by atoms with van der Waals surface area (Å²) in [5.41, 5.74) is -0.810. The smallest absolute Gasteiger partial charge is 0.259 e. The quantitative estimate of drug-likeness (QED) is 0.411. The second kappa shape index (κ2) is 13.1. The highest BCUT2D eigenvalue weighted by Crippen LogP contribution is 2.47. The number of amides is 3. The van der Waals surface area contributed by atoms with Crippen LogP contribution in [-0.2, 0) is 24.4 Å². The summed E-state index contributed by atoms with van der Waals surface area (Å²) in [5, 5.41) is 3.59. The van der Waals surface area contributed by atoms with Gasteiger partial charge in [-0.3, -0.25) is 19.1 Å². The fraction of sp³-hybridized carbons (Fsp3) is 0.629. The third-order valence-corrected chi connectivity index (χ3v) is 12.7. The highest BCUT2D eigenvalue weighted by atomic mass is 32.2. The number of sulfonamides is 1. The van der Waals surface area contributed by atoms with Crippen LogP contribution in [0.15, 0.2) is 30.4 Å². The van der Waals surface area contributed by atoms with Crippen molar-refractivity contribution in [2.24, 2.45) is 17.8 Å². The molecular formula is C35H48N6O7S. The van der Waals surface area contributed by atoms with Gasteiger partial charge in [-0.25, -0.2) is 13.4 Å². The second-order valence-corrected chi connectivity index (χ2v) is 17.2. The fourth-order valence-corrected chi connectivity index (χ4v) is 8.37. The number of hydrogen-bond acceptors (Lipinski definition) is 10. The lowest BCUT2D eigenvalue weighted by atomic mass is 9.91. The number of rotatable bonds is 7. The van der Waals surface area contributed by atoms with E-state index in [4.69, 9.17) is 9.47 Å². The van der Waals surface area contributed by atoms with Gasteiger partial charge in [-0.2, -0.15) is 4.98 Å². The zero-order valence-electron chi connectivity index (χ0n) is 29.2. The molecule has 6 rings (SSSR count). The summed E-state index contributed by atoms with van der Waals surface area (Å²) in [5.74, 6) is 0.0605. The van der Waals surface area contributed by atoms with E-state index >= 15 is 0 Å². The van der Waals surface area contributed by atoms with Crippen molar-refractivity contribution in [1.29, 1.82) is 0 Å². The normalized spacial score (nSPS) is 29.9. The standard InChI is InChI=1S/C35H48N6O7S/c1-21-9-7-8-10-23-19-35(23,32(44)39-49(45,46)34(3)13-14-34)38-30(43)28-18-25(20-41(28)29(42)16-22(2)15-21)48-31-26-12-11-24(47-6)17-27(26)36-33(37-31)40(4)5/h8,10-12,17,21-23,25,28H,7,9,13-16,18-20H2,1-6H3,(H,38,43)(H,39,44). The van der Waals surface area contributed by atoms with Crippen molar-refractivity contribution in [3.63, 3.8) is 0 Å². The maximum atomic E-state index is 14.2. The predicted octanol–water partition coefficient (Wildman–Crippen LogP) is 3.33. The first-order valence-electron chi connectivity index (χ1n) is 17.2. The Labute approximate surface area is 288 Å². The molecule has 2 aliphatic heterocycles. The van der Waals surface area contributed by atoms with Gasteiger partial charge in [0.2, 0.25) is 33.7 Å². The Morgan fingerprint density at radius 3 is 2.57 bits per heavy atom. The Bertz CT molecular complexity index is 1780. The van der Waals surface area contributed by atoms with E-state index in [2.05, 4.69) is 33.9 Å². The molecule has 13 nitrogen and oxygen atoms in total. The average Bonchev–Trinajstić information content (AvgIpc) is 3.92. The van der Waals surface area contributed by atoms with Crippen LogP contribution < -0.4 is 24.4 Å². The van der Waals surface area contributed by atoms with Gasteiger partial charge in [-0.1, -0.05) is 26.0 Å². The molecule has 14 heteroatoms. The number of fused-ring (bicyclic) bond motifs is 3. The Hall–Kier alpha value is -3.94. The van der Waals surface area contributed by atoms with E-state index in [-0.39, 0.29) is 43.6 Å². The van der Waals surface area contributed by atoms with E-state index in [9.17, 15) is 22.8 Å².